The molecule has 5 heteroatoms. The van der Waals surface area contributed by atoms with E-state index in [1.165, 1.54) is 5.56 Å². The first-order chi connectivity index (χ1) is 11.3. The van der Waals surface area contributed by atoms with Crippen molar-refractivity contribution in [3.63, 3.8) is 0 Å². The standard InChI is InChI=1S/C18H26N4O/c1-23-14-10-17-19-18(21-20-17)16-8-12-22(13-9-16)11-7-15-5-3-2-4-6-15/h2-6,16H,7-14H2,1H3,(H,19,20,21). The summed E-state index contributed by atoms with van der Waals surface area (Å²) in [4.78, 5) is 7.18. The largest absolute Gasteiger partial charge is 0.384 e. The zero-order chi connectivity index (χ0) is 15.9. The minimum absolute atomic E-state index is 0.496. The molecule has 0 atom stereocenters. The van der Waals surface area contributed by atoms with Gasteiger partial charge in [-0.05, 0) is 37.9 Å². The molecule has 1 aliphatic heterocycles. The molecule has 1 aromatic carbocycles. The summed E-state index contributed by atoms with van der Waals surface area (Å²) >= 11 is 0. The minimum atomic E-state index is 0.496. The second-order valence-corrected chi connectivity index (χ2v) is 6.23. The highest BCUT2D eigenvalue weighted by Crippen LogP contribution is 2.25. The lowest BCUT2D eigenvalue weighted by atomic mass is 9.96. The summed E-state index contributed by atoms with van der Waals surface area (Å²) in [5.41, 5.74) is 1.42. The van der Waals surface area contributed by atoms with E-state index in [2.05, 4.69) is 50.4 Å². The van der Waals surface area contributed by atoms with E-state index in [1.54, 1.807) is 7.11 Å². The number of nitrogens with one attached hydrogen (secondary N) is 1. The Labute approximate surface area is 138 Å². The molecular weight excluding hydrogens is 288 g/mol. The van der Waals surface area contributed by atoms with Gasteiger partial charge < -0.3 is 9.64 Å². The molecule has 0 aliphatic carbocycles. The molecule has 5 nitrogen and oxygen atoms in total. The topological polar surface area (TPSA) is 54.0 Å². The van der Waals surface area contributed by atoms with Crippen LogP contribution in [0.4, 0.5) is 0 Å². The van der Waals surface area contributed by atoms with E-state index in [9.17, 15) is 0 Å². The highest BCUT2D eigenvalue weighted by atomic mass is 16.5. The van der Waals surface area contributed by atoms with Crippen molar-refractivity contribution in [2.75, 3.05) is 33.4 Å². The Bertz CT molecular complexity index is 576. The Morgan fingerprint density at radius 2 is 1.96 bits per heavy atom. The first-order valence-electron chi connectivity index (χ1n) is 8.51. The molecule has 124 valence electrons. The van der Waals surface area contributed by atoms with Gasteiger partial charge in [0.2, 0.25) is 0 Å². The van der Waals surface area contributed by atoms with Gasteiger partial charge in [0.15, 0.2) is 5.82 Å². The van der Waals surface area contributed by atoms with Gasteiger partial charge in [0.1, 0.15) is 5.82 Å². The number of ether oxygens (including phenoxy) is 1. The Morgan fingerprint density at radius 1 is 1.17 bits per heavy atom. The second kappa shape index (κ2) is 8.22. The van der Waals surface area contributed by atoms with Gasteiger partial charge in [-0.1, -0.05) is 30.3 Å². The lowest BCUT2D eigenvalue weighted by Crippen LogP contribution is -2.34. The van der Waals surface area contributed by atoms with Gasteiger partial charge in [0.25, 0.3) is 0 Å². The maximum Gasteiger partial charge on any atom is 0.153 e. The predicted octanol–water partition coefficient (Wildman–Crippen LogP) is 2.42. The van der Waals surface area contributed by atoms with E-state index in [-0.39, 0.29) is 0 Å². The summed E-state index contributed by atoms with van der Waals surface area (Å²) in [5, 5.41) is 7.44. The average molecular weight is 314 g/mol. The van der Waals surface area contributed by atoms with E-state index >= 15 is 0 Å². The molecule has 2 heterocycles. The molecule has 1 aliphatic rings. The number of aromatic amines is 1. The van der Waals surface area contributed by atoms with Gasteiger partial charge >= 0.3 is 0 Å². The van der Waals surface area contributed by atoms with E-state index < -0.39 is 0 Å². The van der Waals surface area contributed by atoms with E-state index in [4.69, 9.17) is 4.74 Å². The molecule has 1 saturated heterocycles. The SMILES string of the molecule is COCCc1nc(C2CCN(CCc3ccccc3)CC2)n[nH]1. The van der Waals surface area contributed by atoms with Crippen LogP contribution < -0.4 is 0 Å². The van der Waals surface area contributed by atoms with Crippen molar-refractivity contribution in [1.82, 2.24) is 20.1 Å². The summed E-state index contributed by atoms with van der Waals surface area (Å²) in [5.74, 6) is 2.42. The first-order valence-corrected chi connectivity index (χ1v) is 8.51. The maximum atomic E-state index is 5.08. The number of benzene rings is 1. The van der Waals surface area contributed by atoms with Crippen LogP contribution in [0.25, 0.3) is 0 Å². The number of aromatic nitrogens is 3. The molecule has 0 bridgehead atoms. The maximum absolute atomic E-state index is 5.08. The Kier molecular flexibility index (Phi) is 5.77. The summed E-state index contributed by atoms with van der Waals surface area (Å²) in [6.45, 7) is 4.11. The Hall–Kier alpha value is -1.72. The molecule has 1 N–H and O–H groups in total. The number of nitrogens with zero attached hydrogens (tertiary/aromatic N) is 3. The number of piperidine rings is 1. The molecule has 1 aromatic heterocycles. The fourth-order valence-corrected chi connectivity index (χ4v) is 3.15. The minimum Gasteiger partial charge on any atom is -0.384 e. The summed E-state index contributed by atoms with van der Waals surface area (Å²) in [7, 11) is 1.71. The second-order valence-electron chi connectivity index (χ2n) is 6.23. The van der Waals surface area contributed by atoms with Crippen molar-refractivity contribution in [3.05, 3.63) is 47.5 Å². The van der Waals surface area contributed by atoms with Gasteiger partial charge in [-0.25, -0.2) is 4.98 Å². The van der Waals surface area contributed by atoms with Crippen LogP contribution >= 0.6 is 0 Å². The fourth-order valence-electron chi connectivity index (χ4n) is 3.15. The third-order valence-corrected chi connectivity index (χ3v) is 4.60. The average Bonchev–Trinajstić information content (AvgIpc) is 3.08. The van der Waals surface area contributed by atoms with Crippen LogP contribution in [0.5, 0.6) is 0 Å². The van der Waals surface area contributed by atoms with Crippen molar-refractivity contribution >= 4 is 0 Å². The molecule has 0 amide bonds. The third kappa shape index (κ3) is 4.62. The normalized spacial score (nSPS) is 16.7. The van der Waals surface area contributed by atoms with Gasteiger partial charge in [-0.2, -0.15) is 5.10 Å². The van der Waals surface area contributed by atoms with Crippen molar-refractivity contribution in [2.24, 2.45) is 0 Å². The molecule has 3 rings (SSSR count). The zero-order valence-electron chi connectivity index (χ0n) is 13.9. The lowest BCUT2D eigenvalue weighted by Gasteiger charge is -2.30. The van der Waals surface area contributed by atoms with Crippen molar-refractivity contribution in [1.29, 1.82) is 0 Å². The highest BCUT2D eigenvalue weighted by molar-refractivity contribution is 5.15. The van der Waals surface area contributed by atoms with Crippen LogP contribution in [-0.2, 0) is 17.6 Å². The van der Waals surface area contributed by atoms with Crippen LogP contribution in [0.2, 0.25) is 0 Å². The first kappa shape index (κ1) is 16.1. The number of hydrogen-bond donors (Lipinski definition) is 1. The molecule has 0 spiro atoms. The zero-order valence-corrected chi connectivity index (χ0v) is 13.9. The van der Waals surface area contributed by atoms with E-state index in [0.29, 0.717) is 12.5 Å². The molecule has 23 heavy (non-hydrogen) atoms. The molecular formula is C18H26N4O. The molecule has 0 unspecified atom stereocenters. The van der Waals surface area contributed by atoms with Crippen LogP contribution in [0.3, 0.4) is 0 Å². The van der Waals surface area contributed by atoms with Crippen LogP contribution in [0.15, 0.2) is 30.3 Å². The number of H-pyrrole nitrogens is 1. The summed E-state index contributed by atoms with van der Waals surface area (Å²) < 4.78 is 5.08. The van der Waals surface area contributed by atoms with Crippen LogP contribution in [0, 0.1) is 0 Å². The van der Waals surface area contributed by atoms with Crippen molar-refractivity contribution < 1.29 is 4.74 Å². The smallest absolute Gasteiger partial charge is 0.153 e. The fraction of sp³-hybridized carbons (Fsp3) is 0.556. The monoisotopic (exact) mass is 314 g/mol. The van der Waals surface area contributed by atoms with Crippen LogP contribution in [0.1, 0.15) is 36.0 Å². The summed E-state index contributed by atoms with van der Waals surface area (Å²) in [6, 6.07) is 10.7. The molecule has 0 radical (unpaired) electrons. The third-order valence-electron chi connectivity index (χ3n) is 4.60. The van der Waals surface area contributed by atoms with Crippen molar-refractivity contribution in [3.8, 4) is 0 Å². The van der Waals surface area contributed by atoms with Crippen LogP contribution in [-0.4, -0.2) is 53.4 Å². The van der Waals surface area contributed by atoms with E-state index in [0.717, 1.165) is 57.0 Å². The number of hydrogen-bond acceptors (Lipinski definition) is 4. The number of methoxy groups -OCH3 is 1. The predicted molar refractivity (Wildman–Crippen MR) is 90.5 cm³/mol. The van der Waals surface area contributed by atoms with Crippen molar-refractivity contribution in [2.45, 2.75) is 31.6 Å². The van der Waals surface area contributed by atoms with Gasteiger partial charge in [-0.3, -0.25) is 5.10 Å². The number of likely N-dealkylation sites (tertiary alicyclic amines) is 1. The quantitative estimate of drug-likeness (QED) is 0.853. The van der Waals surface area contributed by atoms with E-state index in [1.807, 2.05) is 0 Å². The van der Waals surface area contributed by atoms with Gasteiger partial charge in [0.05, 0.1) is 6.61 Å². The molecule has 2 aromatic rings. The summed E-state index contributed by atoms with van der Waals surface area (Å²) in [6.07, 6.45) is 4.24. The molecule has 0 saturated carbocycles. The Balaban J connectivity index is 1.44. The Morgan fingerprint density at radius 3 is 2.70 bits per heavy atom. The molecule has 1 fully saturated rings. The van der Waals surface area contributed by atoms with Gasteiger partial charge in [0, 0.05) is 26.0 Å². The number of rotatable bonds is 7. The lowest BCUT2D eigenvalue weighted by molar-refractivity contribution is 0.200. The highest BCUT2D eigenvalue weighted by Gasteiger charge is 2.23. The van der Waals surface area contributed by atoms with Gasteiger partial charge in [-0.15, -0.1) is 0 Å².